The van der Waals surface area contributed by atoms with Crippen molar-refractivity contribution >= 4 is 5.91 Å². The highest BCUT2D eigenvalue weighted by molar-refractivity contribution is 5.76. The predicted octanol–water partition coefficient (Wildman–Crippen LogP) is 3.09. The van der Waals surface area contributed by atoms with Gasteiger partial charge in [0.15, 0.2) is 0 Å². The molecule has 2 heterocycles. The van der Waals surface area contributed by atoms with Gasteiger partial charge in [0.05, 0.1) is 12.3 Å². The third kappa shape index (κ3) is 4.66. The fraction of sp³-hybridized carbons (Fsp3) is 0.545. The first-order valence-corrected chi connectivity index (χ1v) is 10.1. The Morgan fingerprint density at radius 3 is 2.69 bits per heavy atom. The van der Waals surface area contributed by atoms with Crippen LogP contribution in [0.2, 0.25) is 0 Å². The summed E-state index contributed by atoms with van der Waals surface area (Å²) < 4.78 is 29.2. The average molecular weight is 405 g/mol. The van der Waals surface area contributed by atoms with Crippen LogP contribution in [0.15, 0.2) is 18.2 Å². The maximum absolute atomic E-state index is 14.1. The Morgan fingerprint density at radius 2 is 2.07 bits per heavy atom. The van der Waals surface area contributed by atoms with Crippen molar-refractivity contribution in [2.75, 3.05) is 19.7 Å². The minimum absolute atomic E-state index is 0.0322. The molecule has 1 N–H and O–H groups in total. The third-order valence-corrected chi connectivity index (χ3v) is 6.18. The number of rotatable bonds is 6. The Morgan fingerprint density at radius 1 is 1.31 bits per heavy atom. The van der Waals surface area contributed by atoms with E-state index in [1.807, 2.05) is 25.6 Å². The summed E-state index contributed by atoms with van der Waals surface area (Å²) in [4.78, 5) is 14.6. The molecular weight excluding hydrogens is 376 g/mol. The fourth-order valence-electron chi connectivity index (χ4n) is 4.39. The quantitative estimate of drug-likeness (QED) is 0.804. The number of aryl methyl sites for hydroxylation is 2. The molecule has 1 unspecified atom stereocenters. The molecule has 1 aliphatic heterocycles. The van der Waals surface area contributed by atoms with E-state index in [0.717, 1.165) is 29.4 Å². The largest absolute Gasteiger partial charge is 0.396 e. The second-order valence-corrected chi connectivity index (χ2v) is 8.26. The Balaban J connectivity index is 1.68. The number of aromatic nitrogens is 2. The van der Waals surface area contributed by atoms with Gasteiger partial charge in [0.25, 0.3) is 0 Å². The summed E-state index contributed by atoms with van der Waals surface area (Å²) in [6.45, 7) is 4.81. The number of likely N-dealkylation sites (tertiary alicyclic amines) is 1. The molecular formula is C22H29F2N3O2. The van der Waals surface area contributed by atoms with Crippen LogP contribution in [0.3, 0.4) is 0 Å². The first kappa shape index (κ1) is 21.4. The van der Waals surface area contributed by atoms with Gasteiger partial charge in [-0.15, -0.1) is 0 Å². The van der Waals surface area contributed by atoms with Gasteiger partial charge in [-0.2, -0.15) is 5.10 Å². The second kappa shape index (κ2) is 8.61. The molecule has 0 aliphatic carbocycles. The molecule has 1 aromatic carbocycles. The van der Waals surface area contributed by atoms with Gasteiger partial charge in [-0.3, -0.25) is 9.48 Å². The van der Waals surface area contributed by atoms with Crippen LogP contribution in [0.5, 0.6) is 0 Å². The summed E-state index contributed by atoms with van der Waals surface area (Å²) in [5.41, 5.74) is 2.86. The van der Waals surface area contributed by atoms with Gasteiger partial charge in [-0.25, -0.2) is 8.78 Å². The topological polar surface area (TPSA) is 58.4 Å². The van der Waals surface area contributed by atoms with Gasteiger partial charge in [0, 0.05) is 43.7 Å². The number of aliphatic hydroxyl groups excluding tert-OH is 1. The van der Waals surface area contributed by atoms with Crippen LogP contribution in [0, 0.1) is 30.9 Å². The fourth-order valence-corrected chi connectivity index (χ4v) is 4.39. The van der Waals surface area contributed by atoms with E-state index in [1.165, 1.54) is 12.1 Å². The number of halogens is 2. The maximum Gasteiger partial charge on any atom is 0.222 e. The zero-order chi connectivity index (χ0) is 21.2. The van der Waals surface area contributed by atoms with Crippen LogP contribution in [0.1, 0.15) is 41.8 Å². The SMILES string of the molecule is Cc1nn(C)c(C)c1CCC(=O)N1CCCC(CO)(Cc2ccc(F)cc2F)C1. The highest BCUT2D eigenvalue weighted by atomic mass is 19.1. The molecule has 1 saturated heterocycles. The summed E-state index contributed by atoms with van der Waals surface area (Å²) in [5.74, 6) is -1.20. The minimum Gasteiger partial charge on any atom is -0.396 e. The number of carbonyl (C=O) groups excluding carboxylic acids is 1. The van der Waals surface area contributed by atoms with E-state index in [9.17, 15) is 18.7 Å². The molecule has 1 aliphatic rings. The van der Waals surface area contributed by atoms with Gasteiger partial charge in [-0.05, 0) is 56.7 Å². The highest BCUT2D eigenvalue weighted by Crippen LogP contribution is 2.34. The van der Waals surface area contributed by atoms with Gasteiger partial charge in [0.2, 0.25) is 5.91 Å². The van der Waals surface area contributed by atoms with Gasteiger partial charge >= 0.3 is 0 Å². The smallest absolute Gasteiger partial charge is 0.222 e. The molecule has 158 valence electrons. The van der Waals surface area contributed by atoms with Crippen molar-refractivity contribution in [2.45, 2.75) is 46.0 Å². The molecule has 3 rings (SSSR count). The number of piperidine rings is 1. The van der Waals surface area contributed by atoms with E-state index in [-0.39, 0.29) is 18.9 Å². The number of amides is 1. The van der Waals surface area contributed by atoms with Crippen LogP contribution in [-0.2, 0) is 24.7 Å². The maximum atomic E-state index is 14.1. The number of nitrogens with zero attached hydrogens (tertiary/aromatic N) is 3. The lowest BCUT2D eigenvalue weighted by molar-refractivity contribution is -0.135. The van der Waals surface area contributed by atoms with Crippen LogP contribution in [0.4, 0.5) is 8.78 Å². The average Bonchev–Trinajstić information content (AvgIpc) is 2.94. The third-order valence-electron chi connectivity index (χ3n) is 6.18. The van der Waals surface area contributed by atoms with E-state index in [2.05, 4.69) is 5.10 Å². The van der Waals surface area contributed by atoms with E-state index in [4.69, 9.17) is 0 Å². The first-order chi connectivity index (χ1) is 13.7. The number of benzene rings is 1. The summed E-state index contributed by atoms with van der Waals surface area (Å²) in [7, 11) is 1.89. The number of hydrogen-bond donors (Lipinski definition) is 1. The summed E-state index contributed by atoms with van der Waals surface area (Å²) in [6.07, 6.45) is 2.73. The van der Waals surface area contributed by atoms with Crippen molar-refractivity contribution in [3.63, 3.8) is 0 Å². The molecule has 29 heavy (non-hydrogen) atoms. The molecule has 7 heteroatoms. The van der Waals surface area contributed by atoms with Crippen molar-refractivity contribution in [2.24, 2.45) is 12.5 Å². The minimum atomic E-state index is -0.620. The Labute approximate surface area is 170 Å². The number of carbonyl (C=O) groups is 1. The van der Waals surface area contributed by atoms with Crippen LogP contribution < -0.4 is 0 Å². The van der Waals surface area contributed by atoms with Gasteiger partial charge in [0.1, 0.15) is 11.6 Å². The molecule has 0 bridgehead atoms. The Bertz CT molecular complexity index is 896. The highest BCUT2D eigenvalue weighted by Gasteiger charge is 2.37. The molecule has 1 amide bonds. The molecule has 5 nitrogen and oxygen atoms in total. The van der Waals surface area contributed by atoms with E-state index >= 15 is 0 Å². The lowest BCUT2D eigenvalue weighted by Gasteiger charge is -2.42. The molecule has 2 aromatic rings. The second-order valence-electron chi connectivity index (χ2n) is 8.26. The van der Waals surface area contributed by atoms with Crippen LogP contribution in [-0.4, -0.2) is 45.4 Å². The molecule has 1 aromatic heterocycles. The lowest BCUT2D eigenvalue weighted by Crippen LogP contribution is -2.49. The van der Waals surface area contributed by atoms with Crippen LogP contribution in [0.25, 0.3) is 0 Å². The van der Waals surface area contributed by atoms with E-state index in [0.29, 0.717) is 37.9 Å². The molecule has 1 atom stereocenters. The summed E-state index contributed by atoms with van der Waals surface area (Å²) in [6, 6.07) is 3.52. The van der Waals surface area contributed by atoms with E-state index < -0.39 is 17.0 Å². The van der Waals surface area contributed by atoms with Crippen LogP contribution >= 0.6 is 0 Å². The number of aliphatic hydroxyl groups is 1. The van der Waals surface area contributed by atoms with Crippen molar-refractivity contribution in [1.82, 2.24) is 14.7 Å². The van der Waals surface area contributed by atoms with Crippen molar-refractivity contribution in [3.05, 3.63) is 52.3 Å². The van der Waals surface area contributed by atoms with Crippen molar-refractivity contribution in [3.8, 4) is 0 Å². The monoisotopic (exact) mass is 405 g/mol. The van der Waals surface area contributed by atoms with Gasteiger partial charge < -0.3 is 10.0 Å². The zero-order valence-corrected chi connectivity index (χ0v) is 17.3. The summed E-state index contributed by atoms with van der Waals surface area (Å²) in [5, 5.41) is 14.5. The zero-order valence-electron chi connectivity index (χ0n) is 17.3. The lowest BCUT2D eigenvalue weighted by atomic mass is 9.75. The Kier molecular flexibility index (Phi) is 6.36. The first-order valence-electron chi connectivity index (χ1n) is 10.1. The van der Waals surface area contributed by atoms with Crippen molar-refractivity contribution < 1.29 is 18.7 Å². The molecule has 1 fully saturated rings. The van der Waals surface area contributed by atoms with Gasteiger partial charge in [-0.1, -0.05) is 6.07 Å². The standard InChI is InChI=1S/C22H29F2N3O2/c1-15-19(16(2)26(3)25-15)7-8-21(29)27-10-4-9-22(13-27,14-28)12-17-5-6-18(23)11-20(17)24/h5-6,11,28H,4,7-10,12-14H2,1-3H3. The Hall–Kier alpha value is -2.28. The molecule has 0 saturated carbocycles. The van der Waals surface area contributed by atoms with Crippen molar-refractivity contribution in [1.29, 1.82) is 0 Å². The summed E-state index contributed by atoms with van der Waals surface area (Å²) >= 11 is 0. The van der Waals surface area contributed by atoms with E-state index in [1.54, 1.807) is 4.90 Å². The molecule has 0 radical (unpaired) electrons. The molecule has 0 spiro atoms. The predicted molar refractivity (Wildman–Crippen MR) is 106 cm³/mol. The number of hydrogen-bond acceptors (Lipinski definition) is 3. The normalized spacial score (nSPS) is 19.6.